The molecule has 1 aliphatic heterocycles. The predicted molar refractivity (Wildman–Crippen MR) is 109 cm³/mol. The molecule has 3 aromatic carbocycles. The number of nitrogens with zero attached hydrogens (tertiary/aromatic N) is 2. The Hall–Kier alpha value is -3.05. The van der Waals surface area contributed by atoms with Crippen LogP contribution in [0.25, 0.3) is 10.8 Å². The SMILES string of the molecule is CN1CCN(C(=O)Nc2ccccc2Oc2ccc3ccccc3c2)CC1. The monoisotopic (exact) mass is 361 g/mol. The summed E-state index contributed by atoms with van der Waals surface area (Å²) in [5.41, 5.74) is 0.676. The largest absolute Gasteiger partial charge is 0.455 e. The molecular weight excluding hydrogens is 338 g/mol. The first-order valence-electron chi connectivity index (χ1n) is 9.19. The standard InChI is InChI=1S/C22H23N3O2/c1-24-12-14-25(15-13-24)22(26)23-20-8-4-5-9-21(20)27-19-11-10-17-6-2-3-7-18(17)16-19/h2-11,16H,12-15H2,1H3,(H,23,26). The summed E-state index contributed by atoms with van der Waals surface area (Å²) < 4.78 is 6.08. The van der Waals surface area contributed by atoms with E-state index in [0.29, 0.717) is 11.4 Å². The number of hydrogen-bond acceptors (Lipinski definition) is 3. The highest BCUT2D eigenvalue weighted by molar-refractivity contribution is 5.91. The van der Waals surface area contributed by atoms with Crippen LogP contribution in [-0.4, -0.2) is 49.1 Å². The fraction of sp³-hybridized carbons (Fsp3) is 0.227. The van der Waals surface area contributed by atoms with Crippen molar-refractivity contribution in [3.8, 4) is 11.5 Å². The third-order valence-corrected chi connectivity index (χ3v) is 4.87. The minimum absolute atomic E-state index is 0.0855. The lowest BCUT2D eigenvalue weighted by molar-refractivity contribution is 0.164. The van der Waals surface area contributed by atoms with Gasteiger partial charge in [-0.1, -0.05) is 42.5 Å². The highest BCUT2D eigenvalue weighted by Gasteiger charge is 2.20. The van der Waals surface area contributed by atoms with E-state index in [1.807, 2.05) is 59.5 Å². The third-order valence-electron chi connectivity index (χ3n) is 4.87. The Morgan fingerprint density at radius 2 is 1.59 bits per heavy atom. The number of hydrogen-bond donors (Lipinski definition) is 1. The van der Waals surface area contributed by atoms with Crippen LogP contribution in [0.4, 0.5) is 10.5 Å². The van der Waals surface area contributed by atoms with Gasteiger partial charge in [-0.05, 0) is 42.1 Å². The molecule has 0 radical (unpaired) electrons. The molecular formula is C22H23N3O2. The minimum atomic E-state index is -0.0855. The molecule has 0 unspecified atom stereocenters. The average molecular weight is 361 g/mol. The van der Waals surface area contributed by atoms with E-state index in [0.717, 1.165) is 37.3 Å². The van der Waals surface area contributed by atoms with E-state index >= 15 is 0 Å². The molecule has 0 bridgehead atoms. The lowest BCUT2D eigenvalue weighted by Crippen LogP contribution is -2.48. The van der Waals surface area contributed by atoms with Gasteiger partial charge in [-0.3, -0.25) is 0 Å². The van der Waals surface area contributed by atoms with Crippen molar-refractivity contribution >= 4 is 22.5 Å². The molecule has 5 nitrogen and oxygen atoms in total. The molecule has 1 fully saturated rings. The second kappa shape index (κ2) is 7.68. The molecule has 1 N–H and O–H groups in total. The highest BCUT2D eigenvalue weighted by Crippen LogP contribution is 2.31. The number of carbonyl (C=O) groups excluding carboxylic acids is 1. The van der Waals surface area contributed by atoms with Gasteiger partial charge >= 0.3 is 6.03 Å². The molecule has 4 rings (SSSR count). The summed E-state index contributed by atoms with van der Waals surface area (Å²) in [6, 6.07) is 21.6. The first-order chi connectivity index (χ1) is 13.2. The third kappa shape index (κ3) is 4.04. The van der Waals surface area contributed by atoms with E-state index in [2.05, 4.69) is 29.4 Å². The zero-order valence-electron chi connectivity index (χ0n) is 15.4. The second-order valence-corrected chi connectivity index (χ2v) is 6.83. The first kappa shape index (κ1) is 17.4. The number of urea groups is 1. The van der Waals surface area contributed by atoms with Crippen molar-refractivity contribution in [2.24, 2.45) is 0 Å². The van der Waals surface area contributed by atoms with Gasteiger partial charge < -0.3 is 19.9 Å². The smallest absolute Gasteiger partial charge is 0.322 e. The normalized spacial score (nSPS) is 14.9. The van der Waals surface area contributed by atoms with Crippen molar-refractivity contribution in [2.75, 3.05) is 38.5 Å². The molecule has 0 saturated carbocycles. The van der Waals surface area contributed by atoms with Gasteiger partial charge in [0, 0.05) is 26.2 Å². The number of para-hydroxylation sites is 2. The van der Waals surface area contributed by atoms with Crippen molar-refractivity contribution < 1.29 is 9.53 Å². The van der Waals surface area contributed by atoms with Gasteiger partial charge in [-0.25, -0.2) is 4.79 Å². The first-order valence-corrected chi connectivity index (χ1v) is 9.19. The van der Waals surface area contributed by atoms with E-state index < -0.39 is 0 Å². The fourth-order valence-electron chi connectivity index (χ4n) is 3.22. The molecule has 1 saturated heterocycles. The second-order valence-electron chi connectivity index (χ2n) is 6.83. The number of ether oxygens (including phenoxy) is 1. The summed E-state index contributed by atoms with van der Waals surface area (Å²) in [6.07, 6.45) is 0. The van der Waals surface area contributed by atoms with Crippen LogP contribution in [0, 0.1) is 0 Å². The number of amides is 2. The van der Waals surface area contributed by atoms with Gasteiger partial charge in [0.15, 0.2) is 5.75 Å². The number of benzene rings is 3. The molecule has 1 heterocycles. The maximum atomic E-state index is 12.6. The van der Waals surface area contributed by atoms with Crippen LogP contribution >= 0.6 is 0 Å². The number of nitrogens with one attached hydrogen (secondary N) is 1. The van der Waals surface area contributed by atoms with Crippen LogP contribution in [0.15, 0.2) is 66.7 Å². The molecule has 0 aromatic heterocycles. The van der Waals surface area contributed by atoms with Crippen LogP contribution in [0.5, 0.6) is 11.5 Å². The van der Waals surface area contributed by atoms with Crippen LogP contribution in [-0.2, 0) is 0 Å². The average Bonchev–Trinajstić information content (AvgIpc) is 2.70. The van der Waals surface area contributed by atoms with Crippen LogP contribution in [0.1, 0.15) is 0 Å². The van der Waals surface area contributed by atoms with E-state index in [-0.39, 0.29) is 6.03 Å². The molecule has 0 spiro atoms. The van der Waals surface area contributed by atoms with Gasteiger partial charge in [-0.15, -0.1) is 0 Å². The Kier molecular flexibility index (Phi) is 4.94. The van der Waals surface area contributed by atoms with Crippen molar-refractivity contribution in [1.29, 1.82) is 0 Å². The lowest BCUT2D eigenvalue weighted by Gasteiger charge is -2.32. The molecule has 138 valence electrons. The maximum absolute atomic E-state index is 12.6. The molecule has 5 heteroatoms. The van der Waals surface area contributed by atoms with Gasteiger partial charge in [0.2, 0.25) is 0 Å². The molecule has 0 aliphatic carbocycles. The van der Waals surface area contributed by atoms with Crippen LogP contribution < -0.4 is 10.1 Å². The minimum Gasteiger partial charge on any atom is -0.455 e. The van der Waals surface area contributed by atoms with Crippen molar-refractivity contribution in [3.63, 3.8) is 0 Å². The Labute approximate surface area is 159 Å². The van der Waals surface area contributed by atoms with Gasteiger partial charge in [0.05, 0.1) is 5.69 Å². The van der Waals surface area contributed by atoms with Crippen LogP contribution in [0.2, 0.25) is 0 Å². The molecule has 3 aromatic rings. The Morgan fingerprint density at radius 1 is 0.889 bits per heavy atom. The summed E-state index contributed by atoms with van der Waals surface area (Å²) in [5, 5.41) is 5.28. The van der Waals surface area contributed by atoms with Crippen LogP contribution in [0.3, 0.4) is 0 Å². The van der Waals surface area contributed by atoms with E-state index in [1.165, 1.54) is 5.39 Å². The molecule has 0 atom stereocenters. The topological polar surface area (TPSA) is 44.8 Å². The number of rotatable bonds is 3. The number of likely N-dealkylation sites (N-methyl/N-ethyl adjacent to an activating group) is 1. The van der Waals surface area contributed by atoms with Gasteiger partial charge in [0.25, 0.3) is 0 Å². The zero-order valence-corrected chi connectivity index (χ0v) is 15.4. The van der Waals surface area contributed by atoms with Crippen molar-refractivity contribution in [1.82, 2.24) is 9.80 Å². The Balaban J connectivity index is 1.51. The summed E-state index contributed by atoms with van der Waals surface area (Å²) >= 11 is 0. The highest BCUT2D eigenvalue weighted by atomic mass is 16.5. The predicted octanol–water partition coefficient (Wildman–Crippen LogP) is 4.41. The zero-order chi connectivity index (χ0) is 18.6. The van der Waals surface area contributed by atoms with Crippen molar-refractivity contribution in [3.05, 3.63) is 66.7 Å². The number of anilines is 1. The van der Waals surface area contributed by atoms with Crippen molar-refractivity contribution in [2.45, 2.75) is 0 Å². The maximum Gasteiger partial charge on any atom is 0.322 e. The summed E-state index contributed by atoms with van der Waals surface area (Å²) in [7, 11) is 2.07. The fourth-order valence-corrected chi connectivity index (χ4v) is 3.22. The lowest BCUT2D eigenvalue weighted by atomic mass is 10.1. The molecule has 2 amide bonds. The quantitative estimate of drug-likeness (QED) is 0.751. The summed E-state index contributed by atoms with van der Waals surface area (Å²) in [6.45, 7) is 3.25. The molecule has 27 heavy (non-hydrogen) atoms. The molecule has 1 aliphatic rings. The summed E-state index contributed by atoms with van der Waals surface area (Å²) in [5.74, 6) is 1.38. The number of fused-ring (bicyclic) bond motifs is 1. The number of piperazine rings is 1. The van der Waals surface area contributed by atoms with E-state index in [9.17, 15) is 4.79 Å². The van der Waals surface area contributed by atoms with E-state index in [1.54, 1.807) is 0 Å². The van der Waals surface area contributed by atoms with E-state index in [4.69, 9.17) is 4.74 Å². The number of carbonyl (C=O) groups is 1. The summed E-state index contributed by atoms with van der Waals surface area (Å²) in [4.78, 5) is 16.7. The van der Waals surface area contributed by atoms with Gasteiger partial charge in [0.1, 0.15) is 5.75 Å². The Morgan fingerprint density at radius 3 is 2.41 bits per heavy atom. The Bertz CT molecular complexity index is 949. The van der Waals surface area contributed by atoms with Gasteiger partial charge in [-0.2, -0.15) is 0 Å².